The highest BCUT2D eigenvalue weighted by atomic mass is 16.4. The summed E-state index contributed by atoms with van der Waals surface area (Å²) in [5.41, 5.74) is 3.82. The zero-order valence-electron chi connectivity index (χ0n) is 18.5. The molecule has 1 saturated carbocycles. The molecule has 0 saturated heterocycles. The van der Waals surface area contributed by atoms with Crippen molar-refractivity contribution in [2.45, 2.75) is 58.0 Å². The van der Waals surface area contributed by atoms with Crippen LogP contribution in [0.15, 0.2) is 65.6 Å². The van der Waals surface area contributed by atoms with Crippen LogP contribution in [-0.4, -0.2) is 20.2 Å². The van der Waals surface area contributed by atoms with Crippen LogP contribution in [0.2, 0.25) is 0 Å². The molecule has 1 aliphatic rings. The van der Waals surface area contributed by atoms with Crippen LogP contribution in [0.4, 0.5) is 0 Å². The van der Waals surface area contributed by atoms with Crippen molar-refractivity contribution in [3.05, 3.63) is 88.1 Å². The van der Waals surface area contributed by atoms with Gasteiger partial charge in [-0.2, -0.15) is 0 Å². The molecule has 0 aliphatic heterocycles. The summed E-state index contributed by atoms with van der Waals surface area (Å²) in [6.45, 7) is 2.58. The quantitative estimate of drug-likeness (QED) is 0.501. The van der Waals surface area contributed by atoms with E-state index in [0.717, 1.165) is 36.1 Å². The molecule has 0 amide bonds. The van der Waals surface area contributed by atoms with Crippen LogP contribution < -0.4 is 5.69 Å². The van der Waals surface area contributed by atoms with Gasteiger partial charge < -0.3 is 5.11 Å². The number of hydrogen-bond donors (Lipinski definition) is 1. The molecule has 0 atom stereocenters. The number of hydrogen-bond acceptors (Lipinski definition) is 2. The van der Waals surface area contributed by atoms with Crippen molar-refractivity contribution in [1.29, 1.82) is 0 Å². The topological polar surface area (TPSA) is 64.2 Å². The van der Waals surface area contributed by atoms with Crippen LogP contribution in [0.25, 0.3) is 17.2 Å². The predicted octanol–water partition coefficient (Wildman–Crippen LogP) is 5.99. The van der Waals surface area contributed by atoms with E-state index >= 15 is 0 Å². The first-order valence-corrected chi connectivity index (χ1v) is 11.5. The largest absolute Gasteiger partial charge is 0.478 e. The molecule has 1 N–H and O–H groups in total. The second kappa shape index (κ2) is 9.86. The molecule has 1 fully saturated rings. The van der Waals surface area contributed by atoms with Gasteiger partial charge in [-0.1, -0.05) is 74.7 Å². The van der Waals surface area contributed by atoms with E-state index in [0.29, 0.717) is 18.2 Å². The Labute approximate surface area is 188 Å². The lowest BCUT2D eigenvalue weighted by atomic mass is 9.95. The molecule has 166 valence electrons. The Balaban J connectivity index is 1.64. The fourth-order valence-corrected chi connectivity index (χ4v) is 4.56. The average molecular weight is 431 g/mol. The second-order valence-electron chi connectivity index (χ2n) is 8.48. The van der Waals surface area contributed by atoms with Gasteiger partial charge in [-0.05, 0) is 48.1 Å². The lowest BCUT2D eigenvalue weighted by Gasteiger charge is -2.22. The van der Waals surface area contributed by atoms with Crippen molar-refractivity contribution in [2.75, 3.05) is 0 Å². The Morgan fingerprint density at radius 2 is 1.78 bits per heavy atom. The van der Waals surface area contributed by atoms with Crippen molar-refractivity contribution >= 4 is 12.0 Å². The van der Waals surface area contributed by atoms with Gasteiger partial charge in [0.2, 0.25) is 0 Å². The van der Waals surface area contributed by atoms with Gasteiger partial charge >= 0.3 is 11.7 Å². The zero-order valence-corrected chi connectivity index (χ0v) is 18.5. The summed E-state index contributed by atoms with van der Waals surface area (Å²) < 4.78 is 3.78. The van der Waals surface area contributed by atoms with Crippen molar-refractivity contribution in [2.24, 2.45) is 0 Å². The summed E-state index contributed by atoms with van der Waals surface area (Å²) in [6, 6.07) is 15.1. The first kappa shape index (κ1) is 21.9. The Kier molecular flexibility index (Phi) is 6.74. The first-order valence-electron chi connectivity index (χ1n) is 11.5. The number of imidazole rings is 1. The third-order valence-electron chi connectivity index (χ3n) is 6.29. The van der Waals surface area contributed by atoms with Crippen molar-refractivity contribution in [3.63, 3.8) is 0 Å². The molecule has 1 heterocycles. The second-order valence-corrected chi connectivity index (χ2v) is 8.48. The fourth-order valence-electron chi connectivity index (χ4n) is 4.56. The van der Waals surface area contributed by atoms with Crippen molar-refractivity contribution in [3.8, 4) is 11.1 Å². The van der Waals surface area contributed by atoms with Gasteiger partial charge in [0.25, 0.3) is 0 Å². The van der Waals surface area contributed by atoms with Crippen LogP contribution in [0, 0.1) is 0 Å². The van der Waals surface area contributed by atoms with Gasteiger partial charge in [0.05, 0.1) is 17.8 Å². The number of carboxylic acid groups (broad SMARTS) is 1. The van der Waals surface area contributed by atoms with E-state index in [4.69, 9.17) is 0 Å². The molecule has 0 bridgehead atoms. The number of aromatic carboxylic acids is 1. The number of nitrogens with zero attached hydrogens (tertiary/aromatic N) is 2. The maximum absolute atomic E-state index is 13.3. The van der Waals surface area contributed by atoms with Crippen LogP contribution in [0.3, 0.4) is 0 Å². The Bertz CT molecular complexity index is 1160. The Hall–Kier alpha value is -3.34. The van der Waals surface area contributed by atoms with Gasteiger partial charge in [-0.3, -0.25) is 9.13 Å². The van der Waals surface area contributed by atoms with E-state index in [-0.39, 0.29) is 11.3 Å². The standard InChI is InChI=1S/C27H30N2O3/c1-2-3-9-23-19-29(22-10-5-4-6-11-22)27(32)28(23)18-20-14-16-21(17-15-20)24-12-7-8-13-25(24)26(30)31/h3,7-9,12-17,19,22H,2,4-6,10-11,18H2,1H3,(H,30,31). The minimum absolute atomic E-state index is 0.0490. The molecule has 3 aromatic rings. The third kappa shape index (κ3) is 4.62. The molecular formula is C27H30N2O3. The van der Waals surface area contributed by atoms with Crippen LogP contribution in [0.5, 0.6) is 0 Å². The highest BCUT2D eigenvalue weighted by Gasteiger charge is 2.20. The molecule has 0 radical (unpaired) electrons. The summed E-state index contributed by atoms with van der Waals surface area (Å²) in [5, 5.41) is 9.47. The van der Waals surface area contributed by atoms with E-state index in [2.05, 4.69) is 13.0 Å². The van der Waals surface area contributed by atoms with Gasteiger partial charge in [-0.15, -0.1) is 0 Å². The molecule has 0 unspecified atom stereocenters. The SMILES string of the molecule is CCC=Cc1cn(C2CCCCC2)c(=O)n1Cc1ccc(-c2ccccc2C(=O)O)cc1. The van der Waals surface area contributed by atoms with Crippen LogP contribution in [-0.2, 0) is 6.54 Å². The number of rotatable bonds is 7. The molecule has 2 aromatic carbocycles. The molecule has 5 nitrogen and oxygen atoms in total. The predicted molar refractivity (Wildman–Crippen MR) is 128 cm³/mol. The number of carboxylic acids is 1. The lowest BCUT2D eigenvalue weighted by molar-refractivity contribution is 0.0697. The highest BCUT2D eigenvalue weighted by Crippen LogP contribution is 2.28. The van der Waals surface area contributed by atoms with E-state index in [1.54, 1.807) is 12.1 Å². The van der Waals surface area contributed by atoms with Gasteiger partial charge in [0.15, 0.2) is 0 Å². The zero-order chi connectivity index (χ0) is 22.5. The summed E-state index contributed by atoms with van der Waals surface area (Å²) in [6.07, 6.45) is 12.8. The van der Waals surface area contributed by atoms with E-state index in [9.17, 15) is 14.7 Å². The maximum Gasteiger partial charge on any atom is 0.336 e. The molecule has 0 spiro atoms. The minimum atomic E-state index is -0.937. The summed E-state index contributed by atoms with van der Waals surface area (Å²) >= 11 is 0. The molecule has 1 aliphatic carbocycles. The lowest BCUT2D eigenvalue weighted by Crippen LogP contribution is -2.29. The Morgan fingerprint density at radius 3 is 2.47 bits per heavy atom. The molecule has 1 aromatic heterocycles. The first-order chi connectivity index (χ1) is 15.6. The van der Waals surface area contributed by atoms with Gasteiger partial charge in [-0.25, -0.2) is 9.59 Å². The van der Waals surface area contributed by atoms with E-state index < -0.39 is 5.97 Å². The van der Waals surface area contributed by atoms with Crippen LogP contribution in [0.1, 0.15) is 73.1 Å². The molecule has 5 heteroatoms. The van der Waals surface area contributed by atoms with Crippen LogP contribution >= 0.6 is 0 Å². The molecular weight excluding hydrogens is 400 g/mol. The number of aromatic nitrogens is 2. The van der Waals surface area contributed by atoms with Gasteiger partial charge in [0, 0.05) is 12.2 Å². The normalized spacial score (nSPS) is 14.8. The van der Waals surface area contributed by atoms with E-state index in [1.807, 2.05) is 57.8 Å². The molecule has 32 heavy (non-hydrogen) atoms. The number of carbonyl (C=O) groups is 1. The number of benzene rings is 2. The summed E-state index contributed by atoms with van der Waals surface area (Å²) in [4.78, 5) is 24.8. The summed E-state index contributed by atoms with van der Waals surface area (Å²) in [7, 11) is 0. The summed E-state index contributed by atoms with van der Waals surface area (Å²) in [5.74, 6) is -0.937. The fraction of sp³-hybridized carbons (Fsp3) is 0.333. The highest BCUT2D eigenvalue weighted by molar-refractivity contribution is 5.95. The Morgan fingerprint density at radius 1 is 1.06 bits per heavy atom. The third-order valence-corrected chi connectivity index (χ3v) is 6.29. The monoisotopic (exact) mass is 430 g/mol. The van der Waals surface area contributed by atoms with Crippen molar-refractivity contribution in [1.82, 2.24) is 9.13 Å². The minimum Gasteiger partial charge on any atom is -0.478 e. The van der Waals surface area contributed by atoms with E-state index in [1.165, 1.54) is 19.3 Å². The van der Waals surface area contributed by atoms with Gasteiger partial charge in [0.1, 0.15) is 0 Å². The smallest absolute Gasteiger partial charge is 0.336 e. The maximum atomic E-state index is 13.3. The average Bonchev–Trinajstić information content (AvgIpc) is 3.14. The number of allylic oxidation sites excluding steroid dienone is 1. The molecule has 4 rings (SSSR count). The van der Waals surface area contributed by atoms with Crippen molar-refractivity contribution < 1.29 is 9.90 Å².